The van der Waals surface area contributed by atoms with Crippen molar-refractivity contribution in [3.63, 3.8) is 0 Å². The van der Waals surface area contributed by atoms with Crippen molar-refractivity contribution in [2.24, 2.45) is 4.99 Å². The van der Waals surface area contributed by atoms with Crippen molar-refractivity contribution >= 4 is 48.1 Å². The Labute approximate surface area is 207 Å². The predicted octanol–water partition coefficient (Wildman–Crippen LogP) is 4.28. The fourth-order valence-corrected chi connectivity index (χ4v) is 6.64. The molecule has 2 aromatic carbocycles. The number of rotatable bonds is 8. The van der Waals surface area contributed by atoms with E-state index >= 15 is 0 Å². The number of hydrogen-bond acceptors (Lipinski definition) is 5. The molecule has 0 saturated carbocycles. The number of carbonyl (C=O) groups excluding carboxylic acids is 1. The second-order valence-corrected chi connectivity index (χ2v) is 11.4. The normalized spacial score (nSPS) is 17.2. The van der Waals surface area contributed by atoms with E-state index in [-0.39, 0.29) is 26.9 Å². The van der Waals surface area contributed by atoms with Crippen LogP contribution in [-0.2, 0) is 0 Å². The summed E-state index contributed by atoms with van der Waals surface area (Å²) in [6, 6.07) is 14.7. The van der Waals surface area contributed by atoms with Gasteiger partial charge in [0.05, 0.1) is 0 Å². The molecular weight excluding hydrogens is 489 g/mol. The molecule has 176 valence electrons. The number of aliphatic imine (C=N–C) groups is 1. The van der Waals surface area contributed by atoms with Gasteiger partial charge in [-0.15, -0.1) is 0 Å². The van der Waals surface area contributed by atoms with E-state index in [4.69, 9.17) is 15.0 Å². The number of benzene rings is 2. The predicted molar refractivity (Wildman–Crippen MR) is 139 cm³/mol. The number of unbranched alkanes of at least 4 members (excludes halogenated alkanes) is 3. The van der Waals surface area contributed by atoms with E-state index < -0.39 is 0 Å². The minimum absolute atomic E-state index is 0.0578. The standard InChI is InChI=1S/C27H31N5OSe/c1-4-5-6-10-13-31-25-24(29-22-14-18(2)19(3)15-23(22)30-25)26(33)32-20(16-28-27(31)32)17-34-21-11-8-7-9-12-21/h7-9,11-12,14-15,20H,4-6,10,13,16-17H2,1-3H3. The van der Waals surface area contributed by atoms with Crippen LogP contribution in [0, 0.1) is 13.8 Å². The van der Waals surface area contributed by atoms with E-state index in [2.05, 4.69) is 56.0 Å². The van der Waals surface area contributed by atoms with Crippen LogP contribution in [-0.4, -0.2) is 60.8 Å². The van der Waals surface area contributed by atoms with Gasteiger partial charge in [-0.25, -0.2) is 0 Å². The third-order valence-electron chi connectivity index (χ3n) is 6.62. The summed E-state index contributed by atoms with van der Waals surface area (Å²) in [5.74, 6) is 1.37. The summed E-state index contributed by atoms with van der Waals surface area (Å²) in [7, 11) is 0. The van der Waals surface area contributed by atoms with Gasteiger partial charge in [0.25, 0.3) is 0 Å². The van der Waals surface area contributed by atoms with Crippen molar-refractivity contribution in [1.82, 2.24) is 14.9 Å². The summed E-state index contributed by atoms with van der Waals surface area (Å²) in [5, 5.41) is 0.939. The van der Waals surface area contributed by atoms with Gasteiger partial charge in [-0.2, -0.15) is 0 Å². The van der Waals surface area contributed by atoms with Crippen LogP contribution in [0.4, 0.5) is 5.82 Å². The van der Waals surface area contributed by atoms with Crippen LogP contribution in [0.15, 0.2) is 47.5 Å². The van der Waals surface area contributed by atoms with Crippen LogP contribution in [0.1, 0.15) is 54.2 Å². The molecule has 2 aliphatic rings. The number of aromatic nitrogens is 2. The van der Waals surface area contributed by atoms with E-state index in [1.807, 2.05) is 17.0 Å². The van der Waals surface area contributed by atoms with Crippen molar-refractivity contribution in [1.29, 1.82) is 0 Å². The molecule has 0 spiro atoms. The average molecular weight is 521 g/mol. The van der Waals surface area contributed by atoms with Crippen LogP contribution in [0.25, 0.3) is 11.0 Å². The first-order chi connectivity index (χ1) is 16.6. The quantitative estimate of drug-likeness (QED) is 0.329. The van der Waals surface area contributed by atoms with Crippen molar-refractivity contribution in [2.75, 3.05) is 18.0 Å². The Bertz CT molecular complexity index is 1240. The fraction of sp³-hybridized carbons (Fsp3) is 0.407. The van der Waals surface area contributed by atoms with Crippen molar-refractivity contribution < 1.29 is 4.79 Å². The van der Waals surface area contributed by atoms with Gasteiger partial charge in [0.15, 0.2) is 0 Å². The number of amides is 1. The number of nitrogens with zero attached hydrogens (tertiary/aromatic N) is 5. The number of hydrogen-bond donors (Lipinski definition) is 0. The Morgan fingerprint density at radius 2 is 1.74 bits per heavy atom. The topological polar surface area (TPSA) is 61.7 Å². The van der Waals surface area contributed by atoms with Gasteiger partial charge in [0, 0.05) is 0 Å². The van der Waals surface area contributed by atoms with E-state index in [0.717, 1.165) is 47.3 Å². The van der Waals surface area contributed by atoms with Gasteiger partial charge in [0.1, 0.15) is 0 Å². The van der Waals surface area contributed by atoms with Gasteiger partial charge in [-0.3, -0.25) is 0 Å². The maximum absolute atomic E-state index is 13.8. The van der Waals surface area contributed by atoms with E-state index in [0.29, 0.717) is 18.1 Å². The van der Waals surface area contributed by atoms with Crippen LogP contribution in [0.3, 0.4) is 0 Å². The number of fused-ring (bicyclic) bond motifs is 3. The minimum atomic E-state index is -0.0578. The Morgan fingerprint density at radius 3 is 2.47 bits per heavy atom. The van der Waals surface area contributed by atoms with Gasteiger partial charge in [-0.1, -0.05) is 0 Å². The molecule has 1 amide bonds. The van der Waals surface area contributed by atoms with Gasteiger partial charge < -0.3 is 0 Å². The Balaban J connectivity index is 1.49. The molecule has 0 radical (unpaired) electrons. The van der Waals surface area contributed by atoms with Crippen LogP contribution in [0.2, 0.25) is 5.32 Å². The molecule has 1 aromatic heterocycles. The summed E-state index contributed by atoms with van der Waals surface area (Å²) in [6.45, 7) is 7.83. The third kappa shape index (κ3) is 4.35. The fourth-order valence-electron chi connectivity index (χ4n) is 4.56. The van der Waals surface area contributed by atoms with Crippen LogP contribution in [0.5, 0.6) is 0 Å². The van der Waals surface area contributed by atoms with Crippen molar-refractivity contribution in [2.45, 2.75) is 57.8 Å². The second kappa shape index (κ2) is 9.85. The molecule has 0 N–H and O–H groups in total. The Morgan fingerprint density at radius 1 is 1.00 bits per heavy atom. The SMILES string of the molecule is CCCCCCN1C2=NCC(C[Se]c3ccccc3)N2C(=O)c2nc3cc(C)c(C)cc3nc21. The zero-order valence-corrected chi connectivity index (χ0v) is 21.8. The van der Waals surface area contributed by atoms with Crippen LogP contribution < -0.4 is 9.36 Å². The molecule has 34 heavy (non-hydrogen) atoms. The summed E-state index contributed by atoms with van der Waals surface area (Å²) >= 11 is 0.285. The second-order valence-electron chi connectivity index (χ2n) is 9.13. The summed E-state index contributed by atoms with van der Waals surface area (Å²) < 4.78 is 1.35. The molecule has 3 aromatic rings. The Kier molecular flexibility index (Phi) is 6.66. The molecule has 7 heteroatoms. The summed E-state index contributed by atoms with van der Waals surface area (Å²) in [5.41, 5.74) is 4.43. The van der Waals surface area contributed by atoms with Gasteiger partial charge in [-0.05, 0) is 0 Å². The van der Waals surface area contributed by atoms with E-state index in [9.17, 15) is 4.79 Å². The number of aryl methyl sites for hydroxylation is 2. The van der Waals surface area contributed by atoms with E-state index in [1.165, 1.54) is 22.9 Å². The molecule has 5 rings (SSSR count). The molecule has 2 aliphatic heterocycles. The van der Waals surface area contributed by atoms with Crippen molar-refractivity contribution in [3.05, 3.63) is 59.3 Å². The summed E-state index contributed by atoms with van der Waals surface area (Å²) in [4.78, 5) is 32.5. The van der Waals surface area contributed by atoms with E-state index in [1.54, 1.807) is 0 Å². The number of guanidine groups is 1. The molecule has 0 saturated heterocycles. The molecule has 1 atom stereocenters. The third-order valence-corrected chi connectivity index (χ3v) is 9.05. The molecule has 0 fully saturated rings. The first kappa shape index (κ1) is 23.0. The molecule has 0 bridgehead atoms. The first-order valence-corrected chi connectivity index (χ1v) is 14.3. The number of anilines is 1. The molecule has 6 nitrogen and oxygen atoms in total. The number of carbonyl (C=O) groups is 1. The Hall–Kier alpha value is -2.76. The van der Waals surface area contributed by atoms with Gasteiger partial charge >= 0.3 is 208 Å². The summed E-state index contributed by atoms with van der Waals surface area (Å²) in [6.07, 6.45) is 4.60. The molecule has 3 heterocycles. The first-order valence-electron chi connectivity index (χ1n) is 12.2. The average Bonchev–Trinajstić information content (AvgIpc) is 3.27. The zero-order valence-electron chi connectivity index (χ0n) is 20.1. The van der Waals surface area contributed by atoms with Gasteiger partial charge in [0.2, 0.25) is 0 Å². The maximum atomic E-state index is 13.8. The van der Waals surface area contributed by atoms with Crippen molar-refractivity contribution in [3.8, 4) is 0 Å². The molecular formula is C27H31N5OSe. The molecule has 0 aliphatic carbocycles. The zero-order chi connectivity index (χ0) is 23.7. The molecule has 1 unspecified atom stereocenters. The monoisotopic (exact) mass is 521 g/mol. The van der Waals surface area contributed by atoms with Crippen LogP contribution >= 0.6 is 0 Å².